The molecule has 152 valence electrons. The third kappa shape index (κ3) is 6.11. The number of ether oxygens (including phenoxy) is 1. The molecule has 0 aliphatic rings. The van der Waals surface area contributed by atoms with E-state index in [-0.39, 0.29) is 23.4 Å². The van der Waals surface area contributed by atoms with Crippen LogP contribution in [0.4, 0.5) is 13.2 Å². The van der Waals surface area contributed by atoms with E-state index in [0.29, 0.717) is 18.6 Å². The molecule has 0 aromatic heterocycles. The van der Waals surface area contributed by atoms with Gasteiger partial charge in [0.2, 0.25) is 0 Å². The first-order valence-corrected chi connectivity index (χ1v) is 9.26. The minimum absolute atomic E-state index is 0.0617. The number of ketones is 1. The second-order valence-corrected chi connectivity index (χ2v) is 8.43. The maximum absolute atomic E-state index is 13.1. The number of hydrogen-bond acceptors (Lipinski definition) is 2. The summed E-state index contributed by atoms with van der Waals surface area (Å²) in [6.45, 7) is 9.70. The first-order chi connectivity index (χ1) is 12.9. The van der Waals surface area contributed by atoms with Crippen LogP contribution in [0.25, 0.3) is 0 Å². The van der Waals surface area contributed by atoms with E-state index in [2.05, 4.69) is 0 Å². The number of aryl methyl sites for hydroxylation is 2. The van der Waals surface area contributed by atoms with Crippen molar-refractivity contribution in [3.05, 3.63) is 64.2 Å². The van der Waals surface area contributed by atoms with Crippen molar-refractivity contribution in [2.75, 3.05) is 0 Å². The minimum atomic E-state index is -4.41. The van der Waals surface area contributed by atoms with Crippen molar-refractivity contribution in [1.82, 2.24) is 0 Å². The van der Waals surface area contributed by atoms with Gasteiger partial charge in [-0.05, 0) is 54.2 Å². The normalized spacial score (nSPS) is 12.1. The molecule has 0 bridgehead atoms. The van der Waals surface area contributed by atoms with Crippen LogP contribution in [0.5, 0.6) is 5.75 Å². The van der Waals surface area contributed by atoms with Gasteiger partial charge in [0.25, 0.3) is 0 Å². The largest absolute Gasteiger partial charge is 0.489 e. The predicted molar refractivity (Wildman–Crippen MR) is 104 cm³/mol. The summed E-state index contributed by atoms with van der Waals surface area (Å²) in [5.41, 5.74) is 2.11. The van der Waals surface area contributed by atoms with Gasteiger partial charge in [0.15, 0.2) is 0 Å². The molecule has 2 aromatic rings. The number of carbonyl (C=O) groups excluding carboxylic acids is 1. The third-order valence-electron chi connectivity index (χ3n) is 4.49. The van der Waals surface area contributed by atoms with Gasteiger partial charge in [0, 0.05) is 18.4 Å². The standard InChI is InChI=1S/C23H27F3O2/c1-15-10-19(11-16(2)20(15)12-18(27)13-22(3,4)5)28-14-17-8-6-7-9-21(17)23(24,25)26/h6-11H,12-14H2,1-5H3. The van der Waals surface area contributed by atoms with Gasteiger partial charge in [-0.15, -0.1) is 0 Å². The highest BCUT2D eigenvalue weighted by molar-refractivity contribution is 5.82. The summed E-state index contributed by atoms with van der Waals surface area (Å²) < 4.78 is 45.0. The number of hydrogen-bond donors (Lipinski definition) is 0. The SMILES string of the molecule is Cc1cc(OCc2ccccc2C(F)(F)F)cc(C)c1CC(=O)CC(C)(C)C. The quantitative estimate of drug-likeness (QED) is 0.565. The molecule has 0 spiro atoms. The molecule has 2 rings (SSSR count). The molecule has 2 nitrogen and oxygen atoms in total. The second kappa shape index (κ2) is 8.38. The van der Waals surface area contributed by atoms with Crippen LogP contribution in [-0.2, 0) is 24.0 Å². The Morgan fingerprint density at radius 2 is 1.57 bits per heavy atom. The summed E-state index contributed by atoms with van der Waals surface area (Å²) in [5, 5.41) is 0. The lowest BCUT2D eigenvalue weighted by Gasteiger charge is -2.18. The first-order valence-electron chi connectivity index (χ1n) is 9.26. The van der Waals surface area contributed by atoms with Crippen molar-refractivity contribution >= 4 is 5.78 Å². The third-order valence-corrected chi connectivity index (χ3v) is 4.49. The zero-order valence-corrected chi connectivity index (χ0v) is 17.0. The van der Waals surface area contributed by atoms with Gasteiger partial charge < -0.3 is 4.74 Å². The fraction of sp³-hybridized carbons (Fsp3) is 0.435. The van der Waals surface area contributed by atoms with Crippen LogP contribution in [0.1, 0.15) is 55.0 Å². The molecule has 28 heavy (non-hydrogen) atoms. The van der Waals surface area contributed by atoms with Gasteiger partial charge >= 0.3 is 6.18 Å². The number of benzene rings is 2. The molecule has 0 aliphatic heterocycles. The topological polar surface area (TPSA) is 26.3 Å². The zero-order chi connectivity index (χ0) is 21.1. The predicted octanol–water partition coefficient (Wildman–Crippen LogP) is 6.45. The summed E-state index contributed by atoms with van der Waals surface area (Å²) in [4.78, 5) is 12.3. The Morgan fingerprint density at radius 1 is 1.00 bits per heavy atom. The molecule has 0 N–H and O–H groups in total. The van der Waals surface area contributed by atoms with Crippen LogP contribution < -0.4 is 4.74 Å². The Kier molecular flexibility index (Phi) is 6.58. The van der Waals surface area contributed by atoms with E-state index in [0.717, 1.165) is 22.8 Å². The van der Waals surface area contributed by atoms with Crippen molar-refractivity contribution < 1.29 is 22.7 Å². The van der Waals surface area contributed by atoms with Crippen molar-refractivity contribution in [2.24, 2.45) is 5.41 Å². The molecule has 0 fully saturated rings. The number of rotatable bonds is 6. The molecule has 2 aromatic carbocycles. The van der Waals surface area contributed by atoms with Crippen molar-refractivity contribution in [2.45, 2.75) is 60.2 Å². The van der Waals surface area contributed by atoms with E-state index in [9.17, 15) is 18.0 Å². The lowest BCUT2D eigenvalue weighted by atomic mass is 9.87. The summed E-state index contributed by atoms with van der Waals surface area (Å²) in [6.07, 6.45) is -3.56. The Bertz CT molecular complexity index is 823. The van der Waals surface area contributed by atoms with Gasteiger partial charge in [0.05, 0.1) is 5.56 Å². The fourth-order valence-corrected chi connectivity index (χ4v) is 3.25. The highest BCUT2D eigenvalue weighted by Crippen LogP contribution is 2.33. The number of halogens is 3. The maximum Gasteiger partial charge on any atom is 0.416 e. The molecule has 0 aliphatic carbocycles. The van der Waals surface area contributed by atoms with Crippen LogP contribution >= 0.6 is 0 Å². The number of Topliss-reactive ketones (excluding diaryl/α,β-unsaturated/α-hetero) is 1. The minimum Gasteiger partial charge on any atom is -0.489 e. The highest BCUT2D eigenvalue weighted by Gasteiger charge is 2.33. The summed E-state index contributed by atoms with van der Waals surface area (Å²) in [7, 11) is 0. The Balaban J connectivity index is 2.15. The molecular formula is C23H27F3O2. The van der Waals surface area contributed by atoms with E-state index < -0.39 is 11.7 Å². The number of carbonyl (C=O) groups is 1. The zero-order valence-electron chi connectivity index (χ0n) is 17.0. The molecule has 0 radical (unpaired) electrons. The van der Waals surface area contributed by atoms with Crippen molar-refractivity contribution in [3.8, 4) is 5.75 Å². The average Bonchev–Trinajstić information content (AvgIpc) is 2.54. The molecule has 5 heteroatoms. The van der Waals surface area contributed by atoms with Crippen LogP contribution in [0.2, 0.25) is 0 Å². The Morgan fingerprint density at radius 3 is 2.11 bits per heavy atom. The Hall–Kier alpha value is -2.30. The van der Waals surface area contributed by atoms with Crippen LogP contribution in [-0.4, -0.2) is 5.78 Å². The molecule has 0 atom stereocenters. The fourth-order valence-electron chi connectivity index (χ4n) is 3.25. The van der Waals surface area contributed by atoms with Gasteiger partial charge in [-0.25, -0.2) is 0 Å². The van der Waals surface area contributed by atoms with E-state index in [1.54, 1.807) is 18.2 Å². The molecule has 0 heterocycles. The molecular weight excluding hydrogens is 365 g/mol. The monoisotopic (exact) mass is 392 g/mol. The average molecular weight is 392 g/mol. The first kappa shape index (κ1) is 22.0. The number of alkyl halides is 3. The lowest BCUT2D eigenvalue weighted by molar-refractivity contribution is -0.138. The van der Waals surface area contributed by atoms with E-state index >= 15 is 0 Å². The summed E-state index contributed by atoms with van der Waals surface area (Å²) in [6, 6.07) is 8.96. The van der Waals surface area contributed by atoms with Gasteiger partial charge in [-0.3, -0.25) is 4.79 Å². The van der Waals surface area contributed by atoms with E-state index in [1.807, 2.05) is 34.6 Å². The maximum atomic E-state index is 13.1. The van der Waals surface area contributed by atoms with Crippen LogP contribution in [0.15, 0.2) is 36.4 Å². The van der Waals surface area contributed by atoms with Crippen LogP contribution in [0, 0.1) is 19.3 Å². The molecule has 0 saturated carbocycles. The van der Waals surface area contributed by atoms with Crippen molar-refractivity contribution in [3.63, 3.8) is 0 Å². The van der Waals surface area contributed by atoms with Gasteiger partial charge in [-0.1, -0.05) is 39.0 Å². The van der Waals surface area contributed by atoms with E-state index in [1.165, 1.54) is 12.1 Å². The lowest BCUT2D eigenvalue weighted by Crippen LogP contribution is -2.15. The second-order valence-electron chi connectivity index (χ2n) is 8.43. The highest BCUT2D eigenvalue weighted by atomic mass is 19.4. The smallest absolute Gasteiger partial charge is 0.416 e. The Labute approximate surface area is 164 Å². The molecule has 0 saturated heterocycles. The van der Waals surface area contributed by atoms with Crippen molar-refractivity contribution in [1.29, 1.82) is 0 Å². The summed E-state index contributed by atoms with van der Waals surface area (Å²) in [5.74, 6) is 0.672. The van der Waals surface area contributed by atoms with E-state index in [4.69, 9.17) is 4.74 Å². The van der Waals surface area contributed by atoms with Gasteiger partial charge in [-0.2, -0.15) is 13.2 Å². The molecule has 0 amide bonds. The summed E-state index contributed by atoms with van der Waals surface area (Å²) >= 11 is 0. The van der Waals surface area contributed by atoms with Gasteiger partial charge in [0.1, 0.15) is 18.1 Å². The molecule has 0 unspecified atom stereocenters. The van der Waals surface area contributed by atoms with Crippen LogP contribution in [0.3, 0.4) is 0 Å².